The summed E-state index contributed by atoms with van der Waals surface area (Å²) in [5.41, 5.74) is 0. The van der Waals surface area contributed by atoms with E-state index in [1.54, 1.807) is 30.3 Å². The highest BCUT2D eigenvalue weighted by Gasteiger charge is 2.14. The Morgan fingerprint density at radius 1 is 1.32 bits per heavy atom. The van der Waals surface area contributed by atoms with Crippen molar-refractivity contribution in [2.75, 3.05) is 33.7 Å². The molecule has 1 heterocycles. The molecule has 7 heteroatoms. The molecule has 2 N–H and O–H groups in total. The monoisotopic (exact) mass is 365 g/mol. The number of carbonyl (C=O) groups excluding carboxylic acids is 1. The second kappa shape index (κ2) is 10.4. The van der Waals surface area contributed by atoms with E-state index in [0.29, 0.717) is 5.92 Å². The highest BCUT2D eigenvalue weighted by Crippen LogP contribution is 2.22. The summed E-state index contributed by atoms with van der Waals surface area (Å²) in [6.45, 7) is 3.93. The maximum absolute atomic E-state index is 11.8. The molecule has 0 aromatic carbocycles. The average Bonchev–Trinajstić information content (AvgIpc) is 3.02. The quantitative estimate of drug-likeness (QED) is 0.574. The van der Waals surface area contributed by atoms with Crippen LogP contribution in [0, 0.1) is 12.8 Å². The number of aryl methyl sites for hydroxylation is 1. The largest absolute Gasteiger partial charge is 0.356 e. The van der Waals surface area contributed by atoms with Crippen LogP contribution in [0.2, 0.25) is 0 Å². The van der Waals surface area contributed by atoms with Gasteiger partial charge < -0.3 is 15.5 Å². The molecular weight excluding hydrogens is 334 g/mol. The van der Waals surface area contributed by atoms with Gasteiger partial charge >= 0.3 is 0 Å². The molecule has 1 aromatic heterocycles. The minimum Gasteiger partial charge on any atom is -0.356 e. The molecule has 0 unspecified atom stereocenters. The fourth-order valence-corrected chi connectivity index (χ4v) is 3.69. The standard InChI is InChI=1S/C18H31N5OS/c1-14-11-20-16(25-14)9-10-19-18(22-13-17(24)23(2)3)21-12-15-7-5-4-6-8-15/h11,15H,4-10,12-13H2,1-3H3,(H2,19,21,22). The first-order valence-corrected chi connectivity index (χ1v) is 10.00. The first-order chi connectivity index (χ1) is 12.0. The van der Waals surface area contributed by atoms with Crippen molar-refractivity contribution in [1.29, 1.82) is 0 Å². The van der Waals surface area contributed by atoms with Crippen LogP contribution in [0.3, 0.4) is 0 Å². The molecule has 1 aliphatic carbocycles. The molecule has 1 amide bonds. The molecular formula is C18H31N5OS. The fraction of sp³-hybridized carbons (Fsp3) is 0.722. The third-order valence-corrected chi connectivity index (χ3v) is 5.43. The summed E-state index contributed by atoms with van der Waals surface area (Å²) in [6.07, 6.45) is 9.37. The van der Waals surface area contributed by atoms with Crippen molar-refractivity contribution in [3.8, 4) is 0 Å². The highest BCUT2D eigenvalue weighted by atomic mass is 32.1. The van der Waals surface area contributed by atoms with Gasteiger partial charge in [-0.1, -0.05) is 19.3 Å². The van der Waals surface area contributed by atoms with Gasteiger partial charge in [-0.2, -0.15) is 0 Å². The molecule has 140 valence electrons. The van der Waals surface area contributed by atoms with E-state index in [2.05, 4.69) is 27.5 Å². The molecule has 0 atom stereocenters. The van der Waals surface area contributed by atoms with Crippen molar-refractivity contribution in [3.05, 3.63) is 16.1 Å². The van der Waals surface area contributed by atoms with Crippen LogP contribution >= 0.6 is 11.3 Å². The molecule has 1 saturated carbocycles. The van der Waals surface area contributed by atoms with Gasteiger partial charge in [0.2, 0.25) is 5.91 Å². The van der Waals surface area contributed by atoms with E-state index in [4.69, 9.17) is 0 Å². The Hall–Kier alpha value is -1.63. The van der Waals surface area contributed by atoms with Crippen molar-refractivity contribution in [1.82, 2.24) is 20.5 Å². The number of hydrogen-bond donors (Lipinski definition) is 2. The van der Waals surface area contributed by atoms with Gasteiger partial charge in [0.05, 0.1) is 5.01 Å². The lowest BCUT2D eigenvalue weighted by Gasteiger charge is -2.23. The molecule has 0 saturated heterocycles. The second-order valence-corrected chi connectivity index (χ2v) is 8.20. The van der Waals surface area contributed by atoms with Crippen LogP contribution < -0.4 is 10.6 Å². The first-order valence-electron chi connectivity index (χ1n) is 9.18. The lowest BCUT2D eigenvalue weighted by molar-refractivity contribution is -0.127. The molecule has 25 heavy (non-hydrogen) atoms. The van der Waals surface area contributed by atoms with E-state index in [1.165, 1.54) is 37.0 Å². The van der Waals surface area contributed by atoms with Crippen LogP contribution in [0.1, 0.15) is 42.0 Å². The van der Waals surface area contributed by atoms with Crippen LogP contribution in [0.15, 0.2) is 11.2 Å². The number of rotatable bonds is 7. The number of hydrogen-bond acceptors (Lipinski definition) is 4. The summed E-state index contributed by atoms with van der Waals surface area (Å²) < 4.78 is 0. The van der Waals surface area contributed by atoms with E-state index in [-0.39, 0.29) is 12.5 Å². The van der Waals surface area contributed by atoms with Gasteiger partial charge in [-0.05, 0) is 25.7 Å². The minimum absolute atomic E-state index is 0.00862. The fourth-order valence-electron chi connectivity index (χ4n) is 2.90. The Labute approximate surface area is 155 Å². The van der Waals surface area contributed by atoms with Crippen molar-refractivity contribution in [2.45, 2.75) is 45.4 Å². The Morgan fingerprint density at radius 3 is 2.72 bits per heavy atom. The van der Waals surface area contributed by atoms with Gasteiger partial charge in [-0.15, -0.1) is 11.3 Å². The molecule has 0 radical (unpaired) electrons. The van der Waals surface area contributed by atoms with Crippen molar-refractivity contribution >= 4 is 23.2 Å². The lowest BCUT2D eigenvalue weighted by atomic mass is 9.89. The van der Waals surface area contributed by atoms with Crippen LogP contribution in [-0.4, -0.2) is 55.5 Å². The summed E-state index contributed by atoms with van der Waals surface area (Å²) in [5, 5.41) is 7.90. The number of aliphatic imine (C=N–C) groups is 1. The Morgan fingerprint density at radius 2 is 2.08 bits per heavy atom. The van der Waals surface area contributed by atoms with Gasteiger partial charge in [0.1, 0.15) is 6.54 Å². The van der Waals surface area contributed by atoms with Crippen LogP contribution in [0.5, 0.6) is 0 Å². The highest BCUT2D eigenvalue weighted by molar-refractivity contribution is 7.11. The number of carbonyl (C=O) groups is 1. The average molecular weight is 366 g/mol. The summed E-state index contributed by atoms with van der Waals surface area (Å²) in [6, 6.07) is 0. The van der Waals surface area contributed by atoms with E-state index in [1.807, 2.05) is 6.20 Å². The van der Waals surface area contributed by atoms with Crippen molar-refractivity contribution < 1.29 is 4.79 Å². The number of thiazole rings is 1. The number of likely N-dealkylation sites (N-methyl/N-ethyl adjacent to an activating group) is 1. The summed E-state index contributed by atoms with van der Waals surface area (Å²) in [4.78, 5) is 23.4. The van der Waals surface area contributed by atoms with E-state index in [9.17, 15) is 4.79 Å². The normalized spacial score (nSPS) is 15.9. The molecule has 1 aromatic rings. The van der Waals surface area contributed by atoms with Gasteiger partial charge in [0.15, 0.2) is 5.96 Å². The predicted octanol–water partition coefficient (Wildman–Crippen LogP) is 2.20. The molecule has 0 spiro atoms. The molecule has 0 bridgehead atoms. The Bertz CT molecular complexity index is 564. The number of aromatic nitrogens is 1. The van der Waals surface area contributed by atoms with Crippen LogP contribution in [-0.2, 0) is 11.2 Å². The number of guanidine groups is 1. The van der Waals surface area contributed by atoms with Crippen molar-refractivity contribution in [2.24, 2.45) is 10.9 Å². The topological polar surface area (TPSA) is 69.6 Å². The molecule has 1 aliphatic rings. The van der Waals surface area contributed by atoms with E-state index >= 15 is 0 Å². The number of nitrogens with zero attached hydrogens (tertiary/aromatic N) is 3. The number of amides is 1. The predicted molar refractivity (Wildman–Crippen MR) is 104 cm³/mol. The van der Waals surface area contributed by atoms with Crippen molar-refractivity contribution in [3.63, 3.8) is 0 Å². The molecule has 0 aliphatic heterocycles. The minimum atomic E-state index is 0.00862. The first kappa shape index (κ1) is 19.7. The summed E-state index contributed by atoms with van der Waals surface area (Å²) in [5.74, 6) is 1.45. The lowest BCUT2D eigenvalue weighted by Crippen LogP contribution is -2.41. The zero-order valence-electron chi connectivity index (χ0n) is 15.7. The third-order valence-electron chi connectivity index (χ3n) is 4.45. The number of nitrogens with one attached hydrogen (secondary N) is 2. The maximum atomic E-state index is 11.8. The molecule has 6 nitrogen and oxygen atoms in total. The molecule has 1 fully saturated rings. The van der Waals surface area contributed by atoms with Crippen LogP contribution in [0.25, 0.3) is 0 Å². The Kier molecular flexibility index (Phi) is 8.18. The van der Waals surface area contributed by atoms with Gasteiger partial charge in [-0.3, -0.25) is 4.79 Å². The van der Waals surface area contributed by atoms with Gasteiger partial charge in [0, 0.05) is 44.7 Å². The molecule has 2 rings (SSSR count). The Balaban J connectivity index is 1.83. The summed E-state index contributed by atoms with van der Waals surface area (Å²) >= 11 is 1.73. The smallest absolute Gasteiger partial charge is 0.243 e. The zero-order valence-corrected chi connectivity index (χ0v) is 16.5. The van der Waals surface area contributed by atoms with E-state index < -0.39 is 0 Å². The van der Waals surface area contributed by atoms with E-state index in [0.717, 1.165) is 30.5 Å². The van der Waals surface area contributed by atoms with Gasteiger partial charge in [-0.25, -0.2) is 9.98 Å². The zero-order chi connectivity index (χ0) is 18.1. The second-order valence-electron chi connectivity index (χ2n) is 6.88. The van der Waals surface area contributed by atoms with Crippen LogP contribution in [0.4, 0.5) is 0 Å². The third kappa shape index (κ3) is 7.42. The summed E-state index contributed by atoms with van der Waals surface area (Å²) in [7, 11) is 3.51. The van der Waals surface area contributed by atoms with Gasteiger partial charge in [0.25, 0.3) is 0 Å². The maximum Gasteiger partial charge on any atom is 0.243 e. The SMILES string of the molecule is Cc1cnc(CCNC(=NCC(=O)N(C)C)NCC2CCCCC2)s1.